The molecule has 1 heterocycles. The van der Waals surface area contributed by atoms with Gasteiger partial charge in [0.2, 0.25) is 0 Å². The van der Waals surface area contributed by atoms with Gasteiger partial charge < -0.3 is 15.2 Å². The second kappa shape index (κ2) is 4.67. The second-order valence-electron chi connectivity index (χ2n) is 5.06. The fraction of sp³-hybridized carbons (Fsp3) is 0.571. The first kappa shape index (κ1) is 11.1. The van der Waals surface area contributed by atoms with Crippen molar-refractivity contribution in [2.24, 2.45) is 0 Å². The summed E-state index contributed by atoms with van der Waals surface area (Å²) in [7, 11) is 0. The number of hydrogen-bond donors (Lipinski definition) is 2. The lowest BCUT2D eigenvalue weighted by Gasteiger charge is -2.19. The second-order valence-corrected chi connectivity index (χ2v) is 5.06. The van der Waals surface area contributed by atoms with Gasteiger partial charge in [-0.3, -0.25) is 0 Å². The van der Waals surface area contributed by atoms with E-state index in [1.54, 1.807) is 0 Å². The van der Waals surface area contributed by atoms with Crippen LogP contribution in [0.1, 0.15) is 24.8 Å². The van der Waals surface area contributed by atoms with Crippen molar-refractivity contribution in [1.82, 2.24) is 5.32 Å². The molecule has 1 aromatic carbocycles. The molecule has 2 N–H and O–H groups in total. The van der Waals surface area contributed by atoms with Crippen LogP contribution in [0.15, 0.2) is 24.3 Å². The van der Waals surface area contributed by atoms with E-state index >= 15 is 0 Å². The standard InChI is InChI=1S/C14H19NO2/c16-13-6-3-5-12(13)15-9-11-8-10-4-1-2-7-14(10)17-11/h1-2,4,7,11-13,15-16H,3,5-6,8-9H2/t11?,12-,13-/m0/s1. The zero-order chi connectivity index (χ0) is 11.7. The van der Waals surface area contributed by atoms with Gasteiger partial charge in [0.1, 0.15) is 11.9 Å². The van der Waals surface area contributed by atoms with E-state index in [-0.39, 0.29) is 18.2 Å². The molecule has 2 aliphatic rings. The van der Waals surface area contributed by atoms with Crippen LogP contribution >= 0.6 is 0 Å². The Morgan fingerprint density at radius 2 is 2.18 bits per heavy atom. The normalized spacial score (nSPS) is 31.2. The van der Waals surface area contributed by atoms with Crippen molar-refractivity contribution in [1.29, 1.82) is 0 Å². The summed E-state index contributed by atoms with van der Waals surface area (Å²) in [6.07, 6.45) is 4.18. The Kier molecular flexibility index (Phi) is 3.04. The van der Waals surface area contributed by atoms with Crippen LogP contribution in [0.4, 0.5) is 0 Å². The minimum Gasteiger partial charge on any atom is -0.488 e. The molecule has 0 saturated heterocycles. The average Bonchev–Trinajstić information content (AvgIpc) is 2.92. The zero-order valence-electron chi connectivity index (χ0n) is 9.93. The summed E-state index contributed by atoms with van der Waals surface area (Å²) in [4.78, 5) is 0. The van der Waals surface area contributed by atoms with Crippen molar-refractivity contribution in [2.75, 3.05) is 6.54 Å². The van der Waals surface area contributed by atoms with E-state index in [1.165, 1.54) is 5.56 Å². The summed E-state index contributed by atoms with van der Waals surface area (Å²) >= 11 is 0. The predicted octanol–water partition coefficient (Wildman–Crippen LogP) is 1.49. The van der Waals surface area contributed by atoms with Gasteiger partial charge in [-0.2, -0.15) is 0 Å². The maximum atomic E-state index is 9.73. The van der Waals surface area contributed by atoms with Crippen molar-refractivity contribution in [3.8, 4) is 5.75 Å². The summed E-state index contributed by atoms with van der Waals surface area (Å²) in [6.45, 7) is 0.830. The van der Waals surface area contributed by atoms with Crippen molar-refractivity contribution >= 4 is 0 Å². The molecule has 3 atom stereocenters. The molecule has 1 aliphatic heterocycles. The summed E-state index contributed by atoms with van der Waals surface area (Å²) < 4.78 is 5.86. The van der Waals surface area contributed by atoms with Crippen LogP contribution in [0.5, 0.6) is 5.75 Å². The SMILES string of the molecule is O[C@H]1CCC[C@@H]1NCC1Cc2ccccc2O1. The largest absolute Gasteiger partial charge is 0.488 e. The number of benzene rings is 1. The first-order chi connectivity index (χ1) is 8.33. The van der Waals surface area contributed by atoms with E-state index in [1.807, 2.05) is 12.1 Å². The number of aliphatic hydroxyl groups excluding tert-OH is 1. The summed E-state index contributed by atoms with van der Waals surface area (Å²) in [5, 5.41) is 13.2. The first-order valence-corrected chi connectivity index (χ1v) is 6.49. The third-order valence-electron chi connectivity index (χ3n) is 3.80. The van der Waals surface area contributed by atoms with E-state index in [0.717, 1.165) is 38.0 Å². The Labute approximate surface area is 102 Å². The number of ether oxygens (including phenoxy) is 1. The molecular weight excluding hydrogens is 214 g/mol. The van der Waals surface area contributed by atoms with Gasteiger partial charge in [0.05, 0.1) is 6.10 Å². The van der Waals surface area contributed by atoms with Gasteiger partial charge in [0.25, 0.3) is 0 Å². The Morgan fingerprint density at radius 1 is 1.29 bits per heavy atom. The lowest BCUT2D eigenvalue weighted by molar-refractivity contribution is 0.138. The fourth-order valence-electron chi connectivity index (χ4n) is 2.83. The highest BCUT2D eigenvalue weighted by molar-refractivity contribution is 5.37. The molecule has 0 aromatic heterocycles. The van der Waals surface area contributed by atoms with E-state index in [4.69, 9.17) is 4.74 Å². The molecule has 1 unspecified atom stereocenters. The first-order valence-electron chi connectivity index (χ1n) is 6.49. The number of aliphatic hydroxyl groups is 1. The van der Waals surface area contributed by atoms with Crippen molar-refractivity contribution in [2.45, 2.75) is 43.9 Å². The maximum Gasteiger partial charge on any atom is 0.123 e. The van der Waals surface area contributed by atoms with Gasteiger partial charge in [-0.05, 0) is 30.9 Å². The maximum absolute atomic E-state index is 9.73. The Bertz CT molecular complexity index is 369. The van der Waals surface area contributed by atoms with Crippen molar-refractivity contribution in [3.63, 3.8) is 0 Å². The molecule has 1 aliphatic carbocycles. The summed E-state index contributed by atoms with van der Waals surface area (Å²) in [5.74, 6) is 1.02. The third kappa shape index (κ3) is 2.31. The molecule has 0 amide bonds. The highest BCUT2D eigenvalue weighted by Crippen LogP contribution is 2.28. The molecule has 0 bridgehead atoms. The summed E-state index contributed by atoms with van der Waals surface area (Å²) in [5.41, 5.74) is 1.30. The third-order valence-corrected chi connectivity index (χ3v) is 3.80. The molecular formula is C14H19NO2. The lowest BCUT2D eigenvalue weighted by Crippen LogP contribution is -2.41. The fourth-order valence-corrected chi connectivity index (χ4v) is 2.83. The molecule has 17 heavy (non-hydrogen) atoms. The highest BCUT2D eigenvalue weighted by Gasteiger charge is 2.27. The molecule has 0 radical (unpaired) electrons. The molecule has 3 nitrogen and oxygen atoms in total. The van der Waals surface area contributed by atoms with Crippen molar-refractivity contribution in [3.05, 3.63) is 29.8 Å². The highest BCUT2D eigenvalue weighted by atomic mass is 16.5. The van der Waals surface area contributed by atoms with Crippen LogP contribution in [-0.2, 0) is 6.42 Å². The van der Waals surface area contributed by atoms with Gasteiger partial charge in [-0.25, -0.2) is 0 Å². The van der Waals surface area contributed by atoms with E-state index in [0.29, 0.717) is 0 Å². The molecule has 92 valence electrons. The van der Waals surface area contributed by atoms with E-state index in [2.05, 4.69) is 17.4 Å². The number of nitrogens with one attached hydrogen (secondary N) is 1. The lowest BCUT2D eigenvalue weighted by atomic mass is 10.1. The Morgan fingerprint density at radius 3 is 2.94 bits per heavy atom. The van der Waals surface area contributed by atoms with Crippen molar-refractivity contribution < 1.29 is 9.84 Å². The molecule has 3 heteroatoms. The van der Waals surface area contributed by atoms with Crippen LogP contribution < -0.4 is 10.1 Å². The molecule has 1 fully saturated rings. The van der Waals surface area contributed by atoms with E-state index in [9.17, 15) is 5.11 Å². The molecule has 1 saturated carbocycles. The number of para-hydroxylation sites is 1. The van der Waals surface area contributed by atoms with Gasteiger partial charge in [0, 0.05) is 19.0 Å². The van der Waals surface area contributed by atoms with Gasteiger partial charge >= 0.3 is 0 Å². The Hall–Kier alpha value is -1.06. The van der Waals surface area contributed by atoms with Gasteiger partial charge in [-0.1, -0.05) is 18.2 Å². The zero-order valence-corrected chi connectivity index (χ0v) is 9.93. The minimum atomic E-state index is -0.168. The van der Waals surface area contributed by atoms with Crippen LogP contribution in [0, 0.1) is 0 Å². The average molecular weight is 233 g/mol. The molecule has 1 aromatic rings. The Balaban J connectivity index is 1.52. The topological polar surface area (TPSA) is 41.5 Å². The quantitative estimate of drug-likeness (QED) is 0.831. The van der Waals surface area contributed by atoms with Crippen LogP contribution in [0.2, 0.25) is 0 Å². The molecule has 3 rings (SSSR count). The number of fused-ring (bicyclic) bond motifs is 1. The van der Waals surface area contributed by atoms with Gasteiger partial charge in [-0.15, -0.1) is 0 Å². The van der Waals surface area contributed by atoms with Crippen LogP contribution in [0.3, 0.4) is 0 Å². The van der Waals surface area contributed by atoms with E-state index < -0.39 is 0 Å². The van der Waals surface area contributed by atoms with Crippen LogP contribution in [-0.4, -0.2) is 29.9 Å². The monoisotopic (exact) mass is 233 g/mol. The predicted molar refractivity (Wildman–Crippen MR) is 66.2 cm³/mol. The van der Waals surface area contributed by atoms with Crippen LogP contribution in [0.25, 0.3) is 0 Å². The number of hydrogen-bond acceptors (Lipinski definition) is 3. The number of rotatable bonds is 3. The molecule has 0 spiro atoms. The summed E-state index contributed by atoms with van der Waals surface area (Å²) in [6, 6.07) is 8.48. The van der Waals surface area contributed by atoms with Gasteiger partial charge in [0.15, 0.2) is 0 Å². The smallest absolute Gasteiger partial charge is 0.123 e. The minimum absolute atomic E-state index is 0.168.